The lowest BCUT2D eigenvalue weighted by Gasteiger charge is -2.19. The Labute approximate surface area is 131 Å². The number of benzene rings is 1. The van der Waals surface area contributed by atoms with E-state index < -0.39 is 0 Å². The first kappa shape index (κ1) is 15.8. The molecule has 0 bridgehead atoms. The Kier molecular flexibility index (Phi) is 4.52. The molecule has 0 saturated heterocycles. The first-order valence-corrected chi connectivity index (χ1v) is 7.48. The largest absolute Gasteiger partial charge is 0.494 e. The molecule has 4 heteroatoms. The highest BCUT2D eigenvalue weighted by Crippen LogP contribution is 2.30. The summed E-state index contributed by atoms with van der Waals surface area (Å²) in [6.45, 7) is 10.8. The summed E-state index contributed by atoms with van der Waals surface area (Å²) < 4.78 is 5.47. The molecule has 0 N–H and O–H groups in total. The Morgan fingerprint density at radius 2 is 1.71 bits per heavy atom. The molecule has 2 aromatic rings. The SMILES string of the molecule is CCOc1ccc(-c2nc(C(C)(C)C)nc(Cl)c2C)cc1. The molecule has 0 unspecified atom stereocenters. The fraction of sp³-hybridized carbons (Fsp3) is 0.412. The average molecular weight is 305 g/mol. The Balaban J connectivity index is 2.49. The first-order valence-electron chi connectivity index (χ1n) is 7.10. The maximum atomic E-state index is 6.28. The second-order valence-corrected chi connectivity index (χ2v) is 6.38. The molecular weight excluding hydrogens is 284 g/mol. The maximum absolute atomic E-state index is 6.28. The summed E-state index contributed by atoms with van der Waals surface area (Å²) in [5, 5.41) is 0.513. The van der Waals surface area contributed by atoms with Crippen molar-refractivity contribution in [1.82, 2.24) is 9.97 Å². The molecule has 21 heavy (non-hydrogen) atoms. The number of nitrogens with zero attached hydrogens (tertiary/aromatic N) is 2. The predicted octanol–water partition coefficient (Wildman–Crippen LogP) is 4.80. The van der Waals surface area contributed by atoms with Gasteiger partial charge < -0.3 is 4.74 Å². The minimum atomic E-state index is -0.142. The van der Waals surface area contributed by atoms with Crippen molar-refractivity contribution in [2.75, 3.05) is 6.61 Å². The van der Waals surface area contributed by atoms with Gasteiger partial charge >= 0.3 is 0 Å². The highest BCUT2D eigenvalue weighted by molar-refractivity contribution is 6.30. The average Bonchev–Trinajstić information content (AvgIpc) is 2.42. The van der Waals surface area contributed by atoms with Crippen LogP contribution in [0.1, 0.15) is 39.1 Å². The summed E-state index contributed by atoms with van der Waals surface area (Å²) in [7, 11) is 0. The fourth-order valence-corrected chi connectivity index (χ4v) is 2.15. The molecule has 1 heterocycles. The Hall–Kier alpha value is -1.61. The normalized spacial score (nSPS) is 11.5. The smallest absolute Gasteiger partial charge is 0.136 e. The van der Waals surface area contributed by atoms with Crippen LogP contribution in [-0.4, -0.2) is 16.6 Å². The van der Waals surface area contributed by atoms with E-state index in [9.17, 15) is 0 Å². The summed E-state index contributed by atoms with van der Waals surface area (Å²) in [6, 6.07) is 7.91. The maximum Gasteiger partial charge on any atom is 0.136 e. The van der Waals surface area contributed by atoms with Crippen LogP contribution in [0.3, 0.4) is 0 Å². The van der Waals surface area contributed by atoms with Crippen molar-refractivity contribution < 1.29 is 4.74 Å². The number of rotatable bonds is 3. The third-order valence-corrected chi connectivity index (χ3v) is 3.56. The minimum Gasteiger partial charge on any atom is -0.494 e. The van der Waals surface area contributed by atoms with Crippen molar-refractivity contribution in [3.63, 3.8) is 0 Å². The van der Waals surface area contributed by atoms with Gasteiger partial charge in [0, 0.05) is 16.5 Å². The third-order valence-electron chi connectivity index (χ3n) is 3.20. The molecule has 0 radical (unpaired) electrons. The van der Waals surface area contributed by atoms with Crippen molar-refractivity contribution in [1.29, 1.82) is 0 Å². The molecule has 3 nitrogen and oxygen atoms in total. The van der Waals surface area contributed by atoms with Crippen molar-refractivity contribution in [2.24, 2.45) is 0 Å². The quantitative estimate of drug-likeness (QED) is 0.764. The molecule has 0 aliphatic carbocycles. The van der Waals surface area contributed by atoms with Gasteiger partial charge in [0.05, 0.1) is 12.3 Å². The van der Waals surface area contributed by atoms with Gasteiger partial charge in [-0.05, 0) is 38.1 Å². The number of aromatic nitrogens is 2. The standard InChI is InChI=1S/C17H21ClN2O/c1-6-21-13-9-7-12(8-10-13)14-11(2)15(18)20-16(19-14)17(3,4)5/h7-10H,6H2,1-5H3. The van der Waals surface area contributed by atoms with Crippen molar-refractivity contribution >= 4 is 11.6 Å². The lowest BCUT2D eigenvalue weighted by atomic mass is 9.95. The van der Waals surface area contributed by atoms with Crippen LogP contribution in [0.5, 0.6) is 5.75 Å². The molecule has 1 aromatic heterocycles. The molecule has 1 aromatic carbocycles. The highest BCUT2D eigenvalue weighted by Gasteiger charge is 2.21. The zero-order valence-electron chi connectivity index (χ0n) is 13.2. The van der Waals surface area contributed by atoms with Gasteiger partial charge in [0.25, 0.3) is 0 Å². The van der Waals surface area contributed by atoms with Crippen LogP contribution in [0.2, 0.25) is 5.15 Å². The lowest BCUT2D eigenvalue weighted by molar-refractivity contribution is 0.340. The first-order chi connectivity index (χ1) is 9.82. The van der Waals surface area contributed by atoms with E-state index in [-0.39, 0.29) is 5.41 Å². The van der Waals surface area contributed by atoms with E-state index in [1.165, 1.54) is 0 Å². The molecule has 2 rings (SSSR count). The predicted molar refractivity (Wildman–Crippen MR) is 87.1 cm³/mol. The monoisotopic (exact) mass is 304 g/mol. The van der Waals surface area contributed by atoms with Crippen LogP contribution in [0, 0.1) is 6.92 Å². The van der Waals surface area contributed by atoms with E-state index in [2.05, 4.69) is 25.8 Å². The summed E-state index contributed by atoms with van der Waals surface area (Å²) in [6.07, 6.45) is 0. The van der Waals surface area contributed by atoms with Crippen LogP contribution < -0.4 is 4.74 Å². The minimum absolute atomic E-state index is 0.142. The van der Waals surface area contributed by atoms with Crippen molar-refractivity contribution in [3.05, 3.63) is 40.8 Å². The number of halogens is 1. The van der Waals surface area contributed by atoms with E-state index in [1.54, 1.807) is 0 Å². The fourth-order valence-electron chi connectivity index (χ4n) is 1.98. The molecule has 0 saturated carbocycles. The number of ether oxygens (including phenoxy) is 1. The van der Waals surface area contributed by atoms with E-state index in [1.807, 2.05) is 38.1 Å². The molecule has 0 aliphatic rings. The summed E-state index contributed by atoms with van der Waals surface area (Å²) in [5.74, 6) is 1.61. The van der Waals surface area contributed by atoms with Crippen LogP contribution >= 0.6 is 11.6 Å². The van der Waals surface area contributed by atoms with E-state index in [0.717, 1.165) is 28.4 Å². The molecule has 0 atom stereocenters. The van der Waals surface area contributed by atoms with E-state index >= 15 is 0 Å². The molecule has 0 aliphatic heterocycles. The summed E-state index contributed by atoms with van der Waals surface area (Å²) >= 11 is 6.28. The zero-order valence-corrected chi connectivity index (χ0v) is 14.0. The Morgan fingerprint density at radius 1 is 1.10 bits per heavy atom. The molecule has 112 valence electrons. The molecule has 0 amide bonds. The van der Waals surface area contributed by atoms with Gasteiger partial charge in [0.2, 0.25) is 0 Å². The summed E-state index contributed by atoms with van der Waals surface area (Å²) in [5.41, 5.74) is 2.65. The summed E-state index contributed by atoms with van der Waals surface area (Å²) in [4.78, 5) is 9.12. The second kappa shape index (κ2) is 6.02. The molecular formula is C17H21ClN2O. The molecule has 0 fully saturated rings. The Morgan fingerprint density at radius 3 is 2.24 bits per heavy atom. The van der Waals surface area contributed by atoms with Gasteiger partial charge in [-0.3, -0.25) is 0 Å². The van der Waals surface area contributed by atoms with Gasteiger partial charge in [-0.2, -0.15) is 0 Å². The highest BCUT2D eigenvalue weighted by atomic mass is 35.5. The third kappa shape index (κ3) is 3.53. The van der Waals surface area contributed by atoms with Gasteiger partial charge in [0.1, 0.15) is 16.7 Å². The second-order valence-electron chi connectivity index (χ2n) is 6.02. The number of hydrogen-bond acceptors (Lipinski definition) is 3. The lowest BCUT2D eigenvalue weighted by Crippen LogP contribution is -2.17. The van der Waals surface area contributed by atoms with Crippen LogP contribution in [-0.2, 0) is 5.41 Å². The topological polar surface area (TPSA) is 35.0 Å². The van der Waals surface area contributed by atoms with E-state index in [0.29, 0.717) is 11.8 Å². The van der Waals surface area contributed by atoms with Crippen LogP contribution in [0.4, 0.5) is 0 Å². The van der Waals surface area contributed by atoms with Gasteiger partial charge in [-0.1, -0.05) is 32.4 Å². The van der Waals surface area contributed by atoms with Crippen LogP contribution in [0.15, 0.2) is 24.3 Å². The van der Waals surface area contributed by atoms with E-state index in [4.69, 9.17) is 21.3 Å². The van der Waals surface area contributed by atoms with Crippen LogP contribution in [0.25, 0.3) is 11.3 Å². The van der Waals surface area contributed by atoms with Crippen molar-refractivity contribution in [2.45, 2.75) is 40.0 Å². The van der Waals surface area contributed by atoms with Crippen molar-refractivity contribution in [3.8, 4) is 17.0 Å². The van der Waals surface area contributed by atoms with Gasteiger partial charge in [-0.15, -0.1) is 0 Å². The molecule has 0 spiro atoms. The zero-order chi connectivity index (χ0) is 15.6. The number of hydrogen-bond donors (Lipinski definition) is 0. The van der Waals surface area contributed by atoms with Gasteiger partial charge in [0.15, 0.2) is 0 Å². The Bertz CT molecular complexity index is 630. The van der Waals surface area contributed by atoms with Gasteiger partial charge in [-0.25, -0.2) is 9.97 Å².